The summed E-state index contributed by atoms with van der Waals surface area (Å²) >= 11 is 0. The third kappa shape index (κ3) is 5.69. The molecule has 3 atom stereocenters. The molecule has 2 aliphatic rings. The Hall–Kier alpha value is -5.30. The Bertz CT molecular complexity index is 1750. The fraction of sp³-hybridized carbons (Fsp3) is 0.219. The van der Waals surface area contributed by atoms with Gasteiger partial charge in [0.1, 0.15) is 18.0 Å². The lowest BCUT2D eigenvalue weighted by atomic mass is 9.93. The van der Waals surface area contributed by atoms with Gasteiger partial charge in [0.15, 0.2) is 27.4 Å². The van der Waals surface area contributed by atoms with Crippen molar-refractivity contribution in [3.05, 3.63) is 120 Å². The fourth-order valence-electron chi connectivity index (χ4n) is 5.39. The second-order valence-corrected chi connectivity index (χ2v) is 13.0. The Balaban J connectivity index is 1.53. The number of hydrogen-bond donors (Lipinski definition) is 1. The van der Waals surface area contributed by atoms with Crippen LogP contribution in [0.25, 0.3) is 6.08 Å². The van der Waals surface area contributed by atoms with Gasteiger partial charge in [0.05, 0.1) is 16.8 Å². The number of β-lactam (4-membered cyclic amide) rings is 1. The van der Waals surface area contributed by atoms with Crippen LogP contribution in [0.3, 0.4) is 0 Å². The number of nitrogens with zero attached hydrogens (tertiary/aromatic N) is 2. The van der Waals surface area contributed by atoms with Crippen LogP contribution in [0.4, 0.5) is 4.79 Å². The summed E-state index contributed by atoms with van der Waals surface area (Å²) in [4.78, 5) is 56.5. The average Bonchev–Trinajstić information content (AvgIpc) is 3.21. The Morgan fingerprint density at radius 1 is 1.04 bits per heavy atom. The highest BCUT2D eigenvalue weighted by molar-refractivity contribution is 7.94. The number of carbonyl (C=O) groups excluding carboxylic acids is 4. The monoisotopic (exact) mass is 631 g/mol. The van der Waals surface area contributed by atoms with E-state index in [1.54, 1.807) is 60.7 Å². The highest BCUT2D eigenvalue weighted by atomic mass is 32.2. The molecule has 232 valence electrons. The van der Waals surface area contributed by atoms with Crippen LogP contribution in [0.1, 0.15) is 40.2 Å². The molecule has 2 aliphatic heterocycles. The van der Waals surface area contributed by atoms with Gasteiger partial charge in [-0.2, -0.15) is 0 Å². The smallest absolute Gasteiger partial charge is 0.404 e. The van der Waals surface area contributed by atoms with Crippen molar-refractivity contribution in [2.45, 2.75) is 29.2 Å². The van der Waals surface area contributed by atoms with E-state index in [2.05, 4.69) is 11.6 Å². The quantitative estimate of drug-likeness (QED) is 0.115. The zero-order valence-corrected chi connectivity index (χ0v) is 24.9. The minimum atomic E-state index is -4.45. The van der Waals surface area contributed by atoms with Crippen molar-refractivity contribution in [2.75, 3.05) is 13.2 Å². The normalized spacial score (nSPS) is 22.3. The van der Waals surface area contributed by atoms with Gasteiger partial charge in [-0.1, -0.05) is 73.3 Å². The number of esters is 2. The summed E-state index contributed by atoms with van der Waals surface area (Å²) in [7, 11) is -4.45. The lowest BCUT2D eigenvalue weighted by Gasteiger charge is -2.39. The first-order valence-electron chi connectivity index (χ1n) is 13.7. The predicted octanol–water partition coefficient (Wildman–Crippen LogP) is 2.96. The van der Waals surface area contributed by atoms with Crippen molar-refractivity contribution < 1.29 is 41.8 Å². The lowest BCUT2D eigenvalue weighted by molar-refractivity contribution is -0.161. The molecule has 0 bridgehead atoms. The van der Waals surface area contributed by atoms with Gasteiger partial charge in [-0.15, -0.1) is 0 Å². The molecule has 2 amide bonds. The SMILES string of the molecule is C=CCOC(=O)c1ccnc(/C=C2/C(=O)N3C2S(=O)(=O)[C@@](C)(COC(N)=O)[C@@H]3C(=O)OC(c2ccccc2)c2ccccc2)c1. The summed E-state index contributed by atoms with van der Waals surface area (Å²) in [5, 5.41) is -1.59. The van der Waals surface area contributed by atoms with Gasteiger partial charge in [-0.3, -0.25) is 9.78 Å². The van der Waals surface area contributed by atoms with Gasteiger partial charge in [-0.05, 0) is 36.3 Å². The fourth-order valence-corrected chi connectivity index (χ4v) is 7.66. The van der Waals surface area contributed by atoms with E-state index in [1.165, 1.54) is 37.4 Å². The Morgan fingerprint density at radius 3 is 2.24 bits per heavy atom. The van der Waals surface area contributed by atoms with Crippen LogP contribution in [0.5, 0.6) is 0 Å². The highest BCUT2D eigenvalue weighted by Gasteiger charge is 2.73. The number of primary amides is 1. The van der Waals surface area contributed by atoms with Gasteiger partial charge in [0.2, 0.25) is 0 Å². The van der Waals surface area contributed by atoms with E-state index in [4.69, 9.17) is 19.9 Å². The summed E-state index contributed by atoms with van der Waals surface area (Å²) < 4.78 is 42.0. The van der Waals surface area contributed by atoms with Gasteiger partial charge in [0.25, 0.3) is 5.91 Å². The Kier molecular flexibility index (Phi) is 8.55. The molecule has 2 N–H and O–H groups in total. The molecular formula is C32H29N3O9S. The molecule has 0 radical (unpaired) electrons. The van der Waals surface area contributed by atoms with E-state index in [1.807, 2.05) is 0 Å². The molecule has 2 saturated heterocycles. The third-order valence-electron chi connectivity index (χ3n) is 7.62. The molecule has 0 aliphatic carbocycles. The maximum absolute atomic E-state index is 14.1. The van der Waals surface area contributed by atoms with Crippen LogP contribution in [0, 0.1) is 0 Å². The Labute approximate surface area is 259 Å². The minimum absolute atomic E-state index is 0.0236. The minimum Gasteiger partial charge on any atom is -0.458 e. The summed E-state index contributed by atoms with van der Waals surface area (Å²) in [5.74, 6) is -2.46. The molecule has 2 aromatic carbocycles. The number of aromatic nitrogens is 1. The van der Waals surface area contributed by atoms with Gasteiger partial charge in [-0.25, -0.2) is 22.8 Å². The first-order chi connectivity index (χ1) is 21.5. The van der Waals surface area contributed by atoms with E-state index in [-0.39, 0.29) is 23.4 Å². The van der Waals surface area contributed by atoms with Gasteiger partial charge < -0.3 is 24.8 Å². The molecule has 13 heteroatoms. The molecule has 2 fully saturated rings. The van der Waals surface area contributed by atoms with Crippen LogP contribution in [-0.4, -0.2) is 71.6 Å². The van der Waals surface area contributed by atoms with E-state index >= 15 is 0 Å². The van der Waals surface area contributed by atoms with Crippen LogP contribution in [0.2, 0.25) is 0 Å². The van der Waals surface area contributed by atoms with Gasteiger partial charge >= 0.3 is 18.0 Å². The second kappa shape index (κ2) is 12.4. The molecule has 0 spiro atoms. The van der Waals surface area contributed by atoms with E-state index in [9.17, 15) is 27.6 Å². The summed E-state index contributed by atoms with van der Waals surface area (Å²) in [6.07, 6.45) is 1.73. The van der Waals surface area contributed by atoms with E-state index in [0.717, 1.165) is 4.90 Å². The lowest BCUT2D eigenvalue weighted by Crippen LogP contribution is -2.60. The molecule has 3 heterocycles. The number of hydrogen-bond acceptors (Lipinski definition) is 10. The van der Waals surface area contributed by atoms with Crippen LogP contribution >= 0.6 is 0 Å². The van der Waals surface area contributed by atoms with Crippen molar-refractivity contribution in [2.24, 2.45) is 5.73 Å². The molecule has 0 saturated carbocycles. The number of sulfone groups is 1. The number of pyridine rings is 1. The maximum atomic E-state index is 14.1. The third-order valence-corrected chi connectivity index (χ3v) is 10.3. The first-order valence-corrected chi connectivity index (χ1v) is 15.3. The average molecular weight is 632 g/mol. The number of fused-ring (bicyclic) bond motifs is 1. The van der Waals surface area contributed by atoms with Crippen molar-refractivity contribution in [1.82, 2.24) is 9.88 Å². The molecule has 3 aromatic rings. The van der Waals surface area contributed by atoms with Crippen LogP contribution in [-0.2, 0) is 33.6 Å². The standard InChI is InChI=1S/C32H29N3O9S/c1-3-16-42-29(37)22-14-15-34-23(17-22)18-24-27(36)35-26(32(2,19-43-31(33)39)45(40,41)28(24)35)30(38)44-25(20-10-6-4-7-11-20)21-12-8-5-9-13-21/h3-15,17-18,25-26,28H,1,16,19H2,2H3,(H2,33,39)/b24-18-/t26-,28?,32-/m0/s1. The van der Waals surface area contributed by atoms with Crippen molar-refractivity contribution in [3.63, 3.8) is 0 Å². The summed E-state index contributed by atoms with van der Waals surface area (Å²) in [5.41, 5.74) is 6.42. The molecule has 45 heavy (non-hydrogen) atoms. The summed E-state index contributed by atoms with van der Waals surface area (Å²) in [6, 6.07) is 18.7. The largest absolute Gasteiger partial charge is 0.458 e. The number of amides is 2. The molecule has 12 nitrogen and oxygen atoms in total. The topological polar surface area (TPSA) is 172 Å². The zero-order chi connectivity index (χ0) is 32.4. The first kappa shape index (κ1) is 31.1. The maximum Gasteiger partial charge on any atom is 0.404 e. The summed E-state index contributed by atoms with van der Waals surface area (Å²) in [6.45, 7) is 3.85. The number of rotatable bonds is 10. The van der Waals surface area contributed by atoms with E-state index < -0.39 is 62.6 Å². The molecule has 1 unspecified atom stereocenters. The number of ether oxygens (including phenoxy) is 3. The Morgan fingerprint density at radius 2 is 1.67 bits per heavy atom. The number of nitrogens with two attached hydrogens (primary N) is 1. The number of carbonyl (C=O) groups is 4. The predicted molar refractivity (Wildman–Crippen MR) is 161 cm³/mol. The van der Waals surface area contributed by atoms with Crippen molar-refractivity contribution in [3.8, 4) is 0 Å². The highest BCUT2D eigenvalue weighted by Crippen LogP contribution is 2.50. The molecular weight excluding hydrogens is 602 g/mol. The molecule has 1 aromatic heterocycles. The van der Waals surface area contributed by atoms with Crippen LogP contribution in [0.15, 0.2) is 97.2 Å². The zero-order valence-electron chi connectivity index (χ0n) is 24.1. The van der Waals surface area contributed by atoms with Crippen LogP contribution < -0.4 is 5.73 Å². The van der Waals surface area contributed by atoms with E-state index in [0.29, 0.717) is 11.1 Å². The molecule has 5 rings (SSSR count). The van der Waals surface area contributed by atoms with Gasteiger partial charge in [0, 0.05) is 6.20 Å². The van der Waals surface area contributed by atoms with Crippen molar-refractivity contribution in [1.29, 1.82) is 0 Å². The second-order valence-electron chi connectivity index (χ2n) is 10.5. The number of benzene rings is 2. The van der Waals surface area contributed by atoms with Crippen molar-refractivity contribution >= 4 is 39.9 Å².